The van der Waals surface area contributed by atoms with Crippen LogP contribution in [0.4, 0.5) is 4.39 Å². The first-order chi connectivity index (χ1) is 10.6. The topological polar surface area (TPSA) is 41.8 Å². The molecular weight excluding hydrogens is 301 g/mol. The molecule has 0 amide bonds. The van der Waals surface area contributed by atoms with Crippen molar-refractivity contribution in [2.24, 2.45) is 11.1 Å². The second-order valence-corrected chi connectivity index (χ2v) is 7.55. The summed E-state index contributed by atoms with van der Waals surface area (Å²) in [4.78, 5) is 5.03. The molecule has 1 N–H and O–H groups in total. The van der Waals surface area contributed by atoms with Crippen molar-refractivity contribution in [1.82, 2.24) is 0 Å². The predicted octanol–water partition coefficient (Wildman–Crippen LogP) is 3.58. The second kappa shape index (κ2) is 6.59. The van der Waals surface area contributed by atoms with Crippen molar-refractivity contribution in [2.75, 3.05) is 7.11 Å². The van der Waals surface area contributed by atoms with Gasteiger partial charge in [0.1, 0.15) is 12.9 Å². The molecule has 0 radical (unpaired) electrons. The number of hydrogen-bond donors (Lipinski definition) is 1. The average Bonchev–Trinajstić information content (AvgIpc) is 2.81. The van der Waals surface area contributed by atoms with Crippen LogP contribution in [0.25, 0.3) is 0 Å². The Kier molecular flexibility index (Phi) is 4.73. The van der Waals surface area contributed by atoms with Crippen LogP contribution in [-0.2, 0) is 4.84 Å². The molecule has 22 heavy (non-hydrogen) atoms. The highest BCUT2D eigenvalue weighted by Crippen LogP contribution is 2.53. The number of fused-ring (bicyclic) bond motifs is 2. The first kappa shape index (κ1) is 15.8. The summed E-state index contributed by atoms with van der Waals surface area (Å²) in [5.74, 6) is 0.201. The molecule has 2 saturated heterocycles. The van der Waals surface area contributed by atoms with E-state index in [1.807, 2.05) is 23.9 Å². The number of aliphatic hydroxyl groups excluding tert-OH is 1. The van der Waals surface area contributed by atoms with E-state index in [1.165, 1.54) is 12.1 Å². The number of benzene rings is 1. The smallest absolute Gasteiger partial charge is 0.123 e. The summed E-state index contributed by atoms with van der Waals surface area (Å²) in [5.41, 5.74) is 2.13. The first-order valence-electron chi connectivity index (χ1n) is 7.83. The quantitative estimate of drug-likeness (QED) is 0.680. The normalized spacial score (nSPS) is 34.7. The zero-order valence-electron chi connectivity index (χ0n) is 12.9. The fraction of sp³-hybridized carbons (Fsp3) is 0.588. The minimum Gasteiger partial charge on any atom is -0.399 e. The molecule has 1 aromatic rings. The van der Waals surface area contributed by atoms with Gasteiger partial charge in [-0.2, -0.15) is 11.8 Å². The summed E-state index contributed by atoms with van der Waals surface area (Å²) in [6.45, 7) is 2.07. The van der Waals surface area contributed by atoms with Crippen LogP contribution in [0.1, 0.15) is 37.7 Å². The van der Waals surface area contributed by atoms with Gasteiger partial charge in [0, 0.05) is 16.4 Å². The van der Waals surface area contributed by atoms with Crippen molar-refractivity contribution in [2.45, 2.75) is 48.7 Å². The van der Waals surface area contributed by atoms with Gasteiger partial charge in [-0.15, -0.1) is 0 Å². The molecule has 0 aromatic heterocycles. The van der Waals surface area contributed by atoms with Crippen molar-refractivity contribution in [1.29, 1.82) is 0 Å². The molecular formula is C17H22FNO2S. The molecule has 0 saturated carbocycles. The Bertz CT molecular complexity index is 548. The Labute approximate surface area is 134 Å². The molecule has 2 fully saturated rings. The predicted molar refractivity (Wildman–Crippen MR) is 87.8 cm³/mol. The third kappa shape index (κ3) is 2.88. The molecule has 3 rings (SSSR count). The lowest BCUT2D eigenvalue weighted by Crippen LogP contribution is -2.38. The van der Waals surface area contributed by atoms with Crippen LogP contribution in [0.3, 0.4) is 0 Å². The summed E-state index contributed by atoms with van der Waals surface area (Å²) >= 11 is 1.88. The van der Waals surface area contributed by atoms with Gasteiger partial charge in [0.2, 0.25) is 0 Å². The lowest BCUT2D eigenvalue weighted by Gasteiger charge is -2.37. The van der Waals surface area contributed by atoms with E-state index in [0.717, 1.165) is 30.5 Å². The summed E-state index contributed by atoms with van der Waals surface area (Å²) in [7, 11) is 1.56. The van der Waals surface area contributed by atoms with Crippen molar-refractivity contribution in [3.63, 3.8) is 0 Å². The lowest BCUT2D eigenvalue weighted by atomic mass is 9.78. The average molecular weight is 323 g/mol. The van der Waals surface area contributed by atoms with Gasteiger partial charge in [0.05, 0.1) is 11.8 Å². The van der Waals surface area contributed by atoms with Gasteiger partial charge >= 0.3 is 0 Å². The Morgan fingerprint density at radius 3 is 2.73 bits per heavy atom. The number of nitrogens with zero attached hydrogens (tertiary/aromatic N) is 1. The molecule has 2 unspecified atom stereocenters. The van der Waals surface area contributed by atoms with E-state index in [0.29, 0.717) is 5.25 Å². The minimum absolute atomic E-state index is 0.147. The number of halogens is 1. The highest BCUT2D eigenvalue weighted by Gasteiger charge is 2.49. The maximum Gasteiger partial charge on any atom is 0.123 e. The molecule has 1 aromatic carbocycles. The Balaban J connectivity index is 1.98. The highest BCUT2D eigenvalue weighted by molar-refractivity contribution is 8.00. The molecule has 120 valence electrons. The van der Waals surface area contributed by atoms with Crippen LogP contribution in [0.5, 0.6) is 0 Å². The zero-order valence-corrected chi connectivity index (χ0v) is 13.7. The van der Waals surface area contributed by atoms with Gasteiger partial charge in [-0.1, -0.05) is 24.2 Å². The summed E-state index contributed by atoms with van der Waals surface area (Å²) < 4.78 is 13.2. The number of aliphatic hydroxyl groups is 1. The van der Waals surface area contributed by atoms with Crippen LogP contribution in [-0.4, -0.2) is 34.5 Å². The van der Waals surface area contributed by atoms with Gasteiger partial charge in [-0.25, -0.2) is 4.39 Å². The summed E-state index contributed by atoms with van der Waals surface area (Å²) in [6, 6.07) is 6.78. The van der Waals surface area contributed by atoms with E-state index < -0.39 is 0 Å². The number of hydrogen-bond acceptors (Lipinski definition) is 4. The van der Waals surface area contributed by atoms with Crippen molar-refractivity contribution in [3.8, 4) is 0 Å². The summed E-state index contributed by atoms with van der Waals surface area (Å²) in [5, 5.41) is 15.3. The monoisotopic (exact) mass is 323 g/mol. The SMILES string of the molecule is CCC(=NOC)[C@H]1[C@H](c2ccc(F)cc2)CC2CC(O)[C@@H]1S2. The molecule has 5 atom stereocenters. The third-order valence-electron chi connectivity index (χ3n) is 4.79. The number of oxime groups is 1. The lowest BCUT2D eigenvalue weighted by molar-refractivity contribution is 0.162. The van der Waals surface area contributed by atoms with Crippen LogP contribution < -0.4 is 0 Å². The van der Waals surface area contributed by atoms with Gasteiger partial charge in [0.25, 0.3) is 0 Å². The van der Waals surface area contributed by atoms with E-state index >= 15 is 0 Å². The number of thioether (sulfide) groups is 1. The standard InChI is InChI=1S/C17H22FNO2S/c1-3-14(19-21-2)16-13(10-4-6-11(18)7-5-10)8-12-9-15(20)17(16)22-12/h4-7,12-13,15-17,20H,3,8-9H2,1-2H3/t12?,13-,15?,16+,17-/m0/s1. The van der Waals surface area contributed by atoms with Crippen LogP contribution in [0.15, 0.2) is 29.4 Å². The van der Waals surface area contributed by atoms with E-state index in [4.69, 9.17) is 4.84 Å². The third-order valence-corrected chi connectivity index (χ3v) is 6.48. The Morgan fingerprint density at radius 1 is 1.36 bits per heavy atom. The molecule has 2 aliphatic heterocycles. The van der Waals surface area contributed by atoms with Gasteiger partial charge in [-0.05, 0) is 42.9 Å². The first-order valence-corrected chi connectivity index (χ1v) is 8.77. The molecule has 5 heteroatoms. The Hall–Kier alpha value is -1.07. The molecule has 2 heterocycles. The van der Waals surface area contributed by atoms with E-state index in [2.05, 4.69) is 12.1 Å². The van der Waals surface area contributed by atoms with Gasteiger partial charge < -0.3 is 9.94 Å². The molecule has 0 spiro atoms. The molecule has 2 aliphatic rings. The summed E-state index contributed by atoms with van der Waals surface area (Å²) in [6.07, 6.45) is 2.34. The van der Waals surface area contributed by atoms with E-state index in [-0.39, 0.29) is 29.0 Å². The maximum absolute atomic E-state index is 13.2. The largest absolute Gasteiger partial charge is 0.399 e. The van der Waals surface area contributed by atoms with E-state index in [1.54, 1.807) is 7.11 Å². The molecule has 3 nitrogen and oxygen atoms in total. The van der Waals surface area contributed by atoms with Gasteiger partial charge in [-0.3, -0.25) is 0 Å². The minimum atomic E-state index is -0.293. The fourth-order valence-electron chi connectivity index (χ4n) is 3.86. The van der Waals surface area contributed by atoms with Crippen LogP contribution in [0.2, 0.25) is 0 Å². The fourth-order valence-corrected chi connectivity index (χ4v) is 5.74. The van der Waals surface area contributed by atoms with Crippen molar-refractivity contribution in [3.05, 3.63) is 35.6 Å². The van der Waals surface area contributed by atoms with Crippen LogP contribution >= 0.6 is 11.8 Å². The Morgan fingerprint density at radius 2 is 2.09 bits per heavy atom. The van der Waals surface area contributed by atoms with Gasteiger partial charge in [0.15, 0.2) is 0 Å². The zero-order chi connectivity index (χ0) is 15.7. The van der Waals surface area contributed by atoms with Crippen LogP contribution in [0, 0.1) is 11.7 Å². The highest BCUT2D eigenvalue weighted by atomic mass is 32.2. The molecule has 2 bridgehead atoms. The second-order valence-electron chi connectivity index (χ2n) is 6.06. The number of rotatable bonds is 4. The van der Waals surface area contributed by atoms with E-state index in [9.17, 15) is 9.50 Å². The van der Waals surface area contributed by atoms with Crippen molar-refractivity contribution < 1.29 is 14.3 Å². The maximum atomic E-state index is 13.2. The molecule has 0 aliphatic carbocycles. The van der Waals surface area contributed by atoms with Crippen molar-refractivity contribution >= 4 is 17.5 Å².